The average Bonchev–Trinajstić information content (AvgIpc) is 2.35. The summed E-state index contributed by atoms with van der Waals surface area (Å²) in [5, 5.41) is 3.20. The summed E-state index contributed by atoms with van der Waals surface area (Å²) in [5.74, 6) is 5.77. The predicted octanol–water partition coefficient (Wildman–Crippen LogP) is 3.06. The number of hydrogen-bond acceptors (Lipinski definition) is 5. The standard InChI is InChI=1S/C10H8BrClFN5/c11-8-9(15-4-16-10(8)18-14)17-7-2-1-5(13)3-6(7)12/h1-4H,14H2,(H2,15,16,17,18). The molecule has 0 aliphatic carbocycles. The zero-order chi connectivity index (χ0) is 13.1. The van der Waals surface area contributed by atoms with Gasteiger partial charge >= 0.3 is 0 Å². The van der Waals surface area contributed by atoms with Crippen LogP contribution in [-0.2, 0) is 0 Å². The van der Waals surface area contributed by atoms with Crippen LogP contribution < -0.4 is 16.6 Å². The fourth-order valence-electron chi connectivity index (χ4n) is 1.28. The monoisotopic (exact) mass is 331 g/mol. The Kier molecular flexibility index (Phi) is 3.95. The van der Waals surface area contributed by atoms with E-state index in [1.165, 1.54) is 24.5 Å². The molecule has 0 radical (unpaired) electrons. The van der Waals surface area contributed by atoms with Gasteiger partial charge in [0.2, 0.25) is 0 Å². The Hall–Kier alpha value is -1.44. The molecule has 2 rings (SSSR count). The van der Waals surface area contributed by atoms with E-state index in [0.717, 1.165) is 0 Å². The van der Waals surface area contributed by atoms with Gasteiger partial charge in [-0.25, -0.2) is 20.2 Å². The van der Waals surface area contributed by atoms with E-state index in [0.29, 0.717) is 21.8 Å². The first-order valence-corrected chi connectivity index (χ1v) is 5.98. The smallest absolute Gasteiger partial charge is 0.159 e. The molecule has 94 valence electrons. The molecule has 1 aromatic heterocycles. The van der Waals surface area contributed by atoms with E-state index in [-0.39, 0.29) is 5.02 Å². The zero-order valence-electron chi connectivity index (χ0n) is 8.92. The molecular weight excluding hydrogens is 324 g/mol. The van der Waals surface area contributed by atoms with E-state index in [1.54, 1.807) is 0 Å². The van der Waals surface area contributed by atoms with Crippen molar-refractivity contribution >= 4 is 44.9 Å². The van der Waals surface area contributed by atoms with Crippen molar-refractivity contribution in [2.45, 2.75) is 0 Å². The van der Waals surface area contributed by atoms with Gasteiger partial charge in [0.05, 0.1) is 10.7 Å². The lowest BCUT2D eigenvalue weighted by Crippen LogP contribution is -2.10. The number of rotatable bonds is 3. The lowest BCUT2D eigenvalue weighted by atomic mass is 10.3. The number of hydrazine groups is 1. The van der Waals surface area contributed by atoms with Gasteiger partial charge in [-0.15, -0.1) is 0 Å². The van der Waals surface area contributed by atoms with Crippen molar-refractivity contribution in [3.63, 3.8) is 0 Å². The van der Waals surface area contributed by atoms with Crippen molar-refractivity contribution in [1.29, 1.82) is 0 Å². The lowest BCUT2D eigenvalue weighted by Gasteiger charge is -2.10. The Morgan fingerprint density at radius 1 is 1.28 bits per heavy atom. The zero-order valence-corrected chi connectivity index (χ0v) is 11.3. The summed E-state index contributed by atoms with van der Waals surface area (Å²) in [6, 6.07) is 4.02. The van der Waals surface area contributed by atoms with Gasteiger partial charge in [0.1, 0.15) is 22.4 Å². The summed E-state index contributed by atoms with van der Waals surface area (Å²) >= 11 is 9.19. The summed E-state index contributed by atoms with van der Waals surface area (Å²) in [4.78, 5) is 7.94. The minimum Gasteiger partial charge on any atom is -0.338 e. The molecule has 0 fully saturated rings. The molecule has 0 aliphatic rings. The Balaban J connectivity index is 2.34. The summed E-state index contributed by atoms with van der Waals surface area (Å²) in [7, 11) is 0. The molecule has 0 atom stereocenters. The first-order valence-electron chi connectivity index (χ1n) is 4.81. The van der Waals surface area contributed by atoms with Crippen LogP contribution in [0.2, 0.25) is 5.02 Å². The van der Waals surface area contributed by atoms with Crippen LogP contribution in [-0.4, -0.2) is 9.97 Å². The number of aromatic nitrogens is 2. The normalized spacial score (nSPS) is 10.2. The fourth-order valence-corrected chi connectivity index (χ4v) is 1.91. The van der Waals surface area contributed by atoms with Crippen molar-refractivity contribution < 1.29 is 4.39 Å². The first-order chi connectivity index (χ1) is 8.61. The molecule has 0 bridgehead atoms. The maximum absolute atomic E-state index is 12.9. The van der Waals surface area contributed by atoms with E-state index in [1.807, 2.05) is 0 Å². The van der Waals surface area contributed by atoms with E-state index >= 15 is 0 Å². The molecule has 1 aromatic carbocycles. The maximum Gasteiger partial charge on any atom is 0.159 e. The summed E-state index contributed by atoms with van der Waals surface area (Å²) < 4.78 is 13.5. The molecule has 0 saturated carbocycles. The number of nitrogens with two attached hydrogens (primary N) is 1. The van der Waals surface area contributed by atoms with Gasteiger partial charge < -0.3 is 10.7 Å². The van der Waals surface area contributed by atoms with E-state index in [2.05, 4.69) is 36.6 Å². The topological polar surface area (TPSA) is 75.9 Å². The van der Waals surface area contributed by atoms with Crippen LogP contribution in [0.25, 0.3) is 0 Å². The lowest BCUT2D eigenvalue weighted by molar-refractivity contribution is 0.628. The summed E-state index contributed by atoms with van der Waals surface area (Å²) in [5.41, 5.74) is 2.94. The van der Waals surface area contributed by atoms with Gasteiger partial charge in [0.25, 0.3) is 0 Å². The van der Waals surface area contributed by atoms with Gasteiger partial charge in [-0.2, -0.15) is 0 Å². The highest BCUT2D eigenvalue weighted by molar-refractivity contribution is 9.10. The Bertz CT molecular complexity index is 580. The van der Waals surface area contributed by atoms with Crippen molar-refractivity contribution in [3.8, 4) is 0 Å². The van der Waals surface area contributed by atoms with Crippen molar-refractivity contribution in [3.05, 3.63) is 39.8 Å². The Morgan fingerprint density at radius 3 is 2.67 bits per heavy atom. The second-order valence-corrected chi connectivity index (χ2v) is 4.48. The minimum absolute atomic E-state index is 0.253. The summed E-state index contributed by atoms with van der Waals surface area (Å²) in [6.07, 6.45) is 1.33. The van der Waals surface area contributed by atoms with Gasteiger partial charge in [0, 0.05) is 0 Å². The number of nitrogens with one attached hydrogen (secondary N) is 2. The predicted molar refractivity (Wildman–Crippen MR) is 72.2 cm³/mol. The highest BCUT2D eigenvalue weighted by Gasteiger charge is 2.09. The number of halogens is 3. The third-order valence-electron chi connectivity index (χ3n) is 2.11. The molecule has 18 heavy (non-hydrogen) atoms. The molecule has 0 unspecified atom stereocenters. The van der Waals surface area contributed by atoms with E-state index < -0.39 is 5.82 Å². The van der Waals surface area contributed by atoms with Crippen LogP contribution >= 0.6 is 27.5 Å². The molecule has 1 heterocycles. The average molecular weight is 333 g/mol. The molecule has 4 N–H and O–H groups in total. The molecule has 0 aliphatic heterocycles. The van der Waals surface area contributed by atoms with Crippen molar-refractivity contribution in [2.24, 2.45) is 5.84 Å². The van der Waals surface area contributed by atoms with E-state index in [4.69, 9.17) is 17.4 Å². The number of benzene rings is 1. The molecule has 5 nitrogen and oxygen atoms in total. The SMILES string of the molecule is NNc1ncnc(Nc2ccc(F)cc2Cl)c1Br. The van der Waals surface area contributed by atoms with Crippen molar-refractivity contribution in [2.75, 3.05) is 10.7 Å². The molecule has 0 spiro atoms. The molecule has 2 aromatic rings. The van der Waals surface area contributed by atoms with Gasteiger partial charge in [-0.1, -0.05) is 11.6 Å². The molecule has 0 amide bonds. The van der Waals surface area contributed by atoms with Crippen LogP contribution in [0, 0.1) is 5.82 Å². The first kappa shape index (κ1) is 13.0. The quantitative estimate of drug-likeness (QED) is 0.595. The molecule has 0 saturated heterocycles. The van der Waals surface area contributed by atoms with Crippen LogP contribution in [0.15, 0.2) is 29.0 Å². The Morgan fingerprint density at radius 2 is 2.00 bits per heavy atom. The molecular formula is C10H8BrClFN5. The van der Waals surface area contributed by atoms with Crippen LogP contribution in [0.4, 0.5) is 21.7 Å². The largest absolute Gasteiger partial charge is 0.338 e. The highest BCUT2D eigenvalue weighted by atomic mass is 79.9. The third kappa shape index (κ3) is 2.69. The van der Waals surface area contributed by atoms with Gasteiger partial charge in [-0.05, 0) is 34.1 Å². The highest BCUT2D eigenvalue weighted by Crippen LogP contribution is 2.31. The number of nitrogen functional groups attached to an aromatic ring is 1. The van der Waals surface area contributed by atoms with Crippen LogP contribution in [0.3, 0.4) is 0 Å². The third-order valence-corrected chi connectivity index (χ3v) is 3.17. The van der Waals surface area contributed by atoms with Crippen LogP contribution in [0.5, 0.6) is 0 Å². The fraction of sp³-hybridized carbons (Fsp3) is 0. The van der Waals surface area contributed by atoms with Crippen molar-refractivity contribution in [1.82, 2.24) is 9.97 Å². The Labute approximate surface area is 116 Å². The number of hydrogen-bond donors (Lipinski definition) is 3. The van der Waals surface area contributed by atoms with Crippen LogP contribution in [0.1, 0.15) is 0 Å². The molecule has 8 heteroatoms. The maximum atomic E-state index is 12.9. The number of anilines is 3. The van der Waals surface area contributed by atoms with Gasteiger partial charge in [0.15, 0.2) is 5.82 Å². The summed E-state index contributed by atoms with van der Waals surface area (Å²) in [6.45, 7) is 0. The second-order valence-electron chi connectivity index (χ2n) is 3.28. The van der Waals surface area contributed by atoms with Gasteiger partial charge in [-0.3, -0.25) is 0 Å². The number of nitrogens with zero attached hydrogens (tertiary/aromatic N) is 2. The van der Waals surface area contributed by atoms with E-state index in [9.17, 15) is 4.39 Å². The second kappa shape index (κ2) is 5.47. The minimum atomic E-state index is -0.406.